The number of rotatable bonds is 5. The molecule has 3 heteroatoms. The number of aromatic nitrogens is 3. The minimum atomic E-state index is 1.03. The van der Waals surface area contributed by atoms with Crippen molar-refractivity contribution in [2.45, 2.75) is 46.1 Å². The van der Waals surface area contributed by atoms with Crippen LogP contribution >= 0.6 is 0 Å². The normalized spacial score (nSPS) is 11.1. The van der Waals surface area contributed by atoms with Crippen LogP contribution in [0.25, 0.3) is 11.2 Å². The Morgan fingerprint density at radius 2 is 2.12 bits per heavy atom. The molecule has 0 aromatic carbocycles. The summed E-state index contributed by atoms with van der Waals surface area (Å²) in [4.78, 5) is 9.09. The first-order chi connectivity index (χ1) is 7.86. The third-order valence-electron chi connectivity index (χ3n) is 2.79. The van der Waals surface area contributed by atoms with Crippen molar-refractivity contribution in [1.82, 2.24) is 14.5 Å². The molecule has 0 amide bonds. The van der Waals surface area contributed by atoms with E-state index in [0.29, 0.717) is 0 Å². The molecule has 0 radical (unpaired) electrons. The Morgan fingerprint density at radius 3 is 2.88 bits per heavy atom. The molecule has 0 bridgehead atoms. The second-order valence-corrected chi connectivity index (χ2v) is 4.13. The predicted octanol–water partition coefficient (Wildman–Crippen LogP) is 3.18. The lowest BCUT2D eigenvalue weighted by molar-refractivity contribution is 0.608. The summed E-state index contributed by atoms with van der Waals surface area (Å²) in [6, 6.07) is 4.00. The van der Waals surface area contributed by atoms with Gasteiger partial charge in [0.25, 0.3) is 0 Å². The third kappa shape index (κ3) is 2.08. The average Bonchev–Trinajstić information content (AvgIpc) is 2.65. The summed E-state index contributed by atoms with van der Waals surface area (Å²) < 4.78 is 2.28. The van der Waals surface area contributed by atoms with E-state index in [1.165, 1.54) is 18.7 Å². The van der Waals surface area contributed by atoms with Crippen LogP contribution in [0.15, 0.2) is 18.3 Å². The highest BCUT2D eigenvalue weighted by atomic mass is 15.1. The highest BCUT2D eigenvalue weighted by molar-refractivity contribution is 5.71. The molecule has 0 saturated carbocycles. The fourth-order valence-corrected chi connectivity index (χ4v) is 1.97. The van der Waals surface area contributed by atoms with Gasteiger partial charge in [-0.25, -0.2) is 9.97 Å². The van der Waals surface area contributed by atoms with Crippen molar-refractivity contribution < 1.29 is 0 Å². The van der Waals surface area contributed by atoms with Crippen molar-refractivity contribution >= 4 is 11.2 Å². The first kappa shape index (κ1) is 11.1. The van der Waals surface area contributed by atoms with Gasteiger partial charge >= 0.3 is 0 Å². The van der Waals surface area contributed by atoms with Crippen molar-refractivity contribution in [3.8, 4) is 0 Å². The summed E-state index contributed by atoms with van der Waals surface area (Å²) in [6.07, 6.45) is 6.43. The van der Waals surface area contributed by atoms with E-state index < -0.39 is 0 Å². The Labute approximate surface area is 96.5 Å². The predicted molar refractivity (Wildman–Crippen MR) is 66.4 cm³/mol. The molecule has 0 saturated heterocycles. The Balaban J connectivity index is 2.42. The Kier molecular flexibility index (Phi) is 3.54. The molecule has 0 fully saturated rings. The van der Waals surface area contributed by atoms with Gasteiger partial charge in [-0.05, 0) is 25.0 Å². The van der Waals surface area contributed by atoms with Crippen molar-refractivity contribution in [2.24, 2.45) is 0 Å². The second-order valence-electron chi connectivity index (χ2n) is 4.13. The zero-order valence-electron chi connectivity index (χ0n) is 10.1. The van der Waals surface area contributed by atoms with E-state index in [0.717, 1.165) is 30.6 Å². The summed E-state index contributed by atoms with van der Waals surface area (Å²) in [7, 11) is 0. The molecular weight excluding hydrogens is 198 g/mol. The molecule has 0 aliphatic heterocycles. The lowest BCUT2D eigenvalue weighted by Crippen LogP contribution is -2.04. The Hall–Kier alpha value is -1.38. The van der Waals surface area contributed by atoms with Crippen molar-refractivity contribution in [3.05, 3.63) is 24.2 Å². The Bertz CT molecular complexity index is 459. The molecule has 0 unspecified atom stereocenters. The van der Waals surface area contributed by atoms with E-state index in [4.69, 9.17) is 0 Å². The van der Waals surface area contributed by atoms with Crippen LogP contribution in [0.2, 0.25) is 0 Å². The molecule has 0 aliphatic carbocycles. The number of fused-ring (bicyclic) bond motifs is 1. The molecule has 0 spiro atoms. The van der Waals surface area contributed by atoms with Crippen molar-refractivity contribution in [2.75, 3.05) is 0 Å². The van der Waals surface area contributed by atoms with Gasteiger partial charge in [-0.2, -0.15) is 0 Å². The molecular formula is C13H19N3. The van der Waals surface area contributed by atoms with Crippen molar-refractivity contribution in [1.29, 1.82) is 0 Å². The van der Waals surface area contributed by atoms with E-state index >= 15 is 0 Å². The summed E-state index contributed by atoms with van der Waals surface area (Å²) >= 11 is 0. The minimum Gasteiger partial charge on any atom is -0.313 e. The molecule has 0 aliphatic rings. The minimum absolute atomic E-state index is 1.03. The van der Waals surface area contributed by atoms with Gasteiger partial charge in [-0.15, -0.1) is 0 Å². The lowest BCUT2D eigenvalue weighted by Gasteiger charge is -2.06. The topological polar surface area (TPSA) is 30.7 Å². The van der Waals surface area contributed by atoms with Gasteiger partial charge in [0, 0.05) is 19.2 Å². The monoisotopic (exact) mass is 217 g/mol. The quantitative estimate of drug-likeness (QED) is 0.770. The molecule has 2 heterocycles. The molecule has 0 N–H and O–H groups in total. The summed E-state index contributed by atoms with van der Waals surface area (Å²) in [5, 5.41) is 0. The number of unbranched alkanes of at least 4 members (excludes halogenated alkanes) is 1. The van der Waals surface area contributed by atoms with Gasteiger partial charge in [0.05, 0.1) is 0 Å². The fraction of sp³-hybridized carbons (Fsp3) is 0.538. The molecule has 2 rings (SSSR count). The molecule has 2 aromatic heterocycles. The first-order valence-corrected chi connectivity index (χ1v) is 6.17. The van der Waals surface area contributed by atoms with Gasteiger partial charge in [0.2, 0.25) is 0 Å². The van der Waals surface area contributed by atoms with Crippen LogP contribution in [-0.4, -0.2) is 14.5 Å². The van der Waals surface area contributed by atoms with Gasteiger partial charge in [-0.1, -0.05) is 20.3 Å². The Morgan fingerprint density at radius 1 is 1.25 bits per heavy atom. The largest absolute Gasteiger partial charge is 0.313 e. The van der Waals surface area contributed by atoms with E-state index in [1.807, 2.05) is 18.3 Å². The highest BCUT2D eigenvalue weighted by Gasteiger charge is 2.09. The third-order valence-corrected chi connectivity index (χ3v) is 2.79. The smallest absolute Gasteiger partial charge is 0.159 e. The van der Waals surface area contributed by atoms with E-state index in [1.54, 1.807) is 0 Å². The average molecular weight is 217 g/mol. The number of aryl methyl sites for hydroxylation is 2. The first-order valence-electron chi connectivity index (χ1n) is 6.17. The van der Waals surface area contributed by atoms with Crippen LogP contribution in [0.4, 0.5) is 0 Å². The zero-order chi connectivity index (χ0) is 11.4. The fourth-order valence-electron chi connectivity index (χ4n) is 1.97. The van der Waals surface area contributed by atoms with Crippen LogP contribution in [0, 0.1) is 0 Å². The zero-order valence-corrected chi connectivity index (χ0v) is 10.1. The van der Waals surface area contributed by atoms with Crippen LogP contribution < -0.4 is 0 Å². The number of hydrogen-bond donors (Lipinski definition) is 0. The van der Waals surface area contributed by atoms with Gasteiger partial charge in [0.15, 0.2) is 5.65 Å². The van der Waals surface area contributed by atoms with E-state index in [9.17, 15) is 0 Å². The lowest BCUT2D eigenvalue weighted by atomic mass is 10.3. The highest BCUT2D eigenvalue weighted by Crippen LogP contribution is 2.15. The van der Waals surface area contributed by atoms with E-state index in [-0.39, 0.29) is 0 Å². The van der Waals surface area contributed by atoms with Crippen LogP contribution in [0.5, 0.6) is 0 Å². The number of hydrogen-bond acceptors (Lipinski definition) is 2. The second kappa shape index (κ2) is 5.10. The number of imidazole rings is 1. The van der Waals surface area contributed by atoms with E-state index in [2.05, 4.69) is 28.4 Å². The number of pyridine rings is 1. The van der Waals surface area contributed by atoms with Crippen molar-refractivity contribution in [3.63, 3.8) is 0 Å². The van der Waals surface area contributed by atoms with Gasteiger partial charge < -0.3 is 4.57 Å². The molecule has 0 atom stereocenters. The maximum atomic E-state index is 4.66. The maximum Gasteiger partial charge on any atom is 0.159 e. The summed E-state index contributed by atoms with van der Waals surface area (Å²) in [6.45, 7) is 5.45. The van der Waals surface area contributed by atoms with Crippen LogP contribution in [0.3, 0.4) is 0 Å². The molecule has 86 valence electrons. The molecule has 2 aromatic rings. The SMILES string of the molecule is CCCCn1c(CCC)nc2cccnc21. The molecule has 3 nitrogen and oxygen atoms in total. The number of nitrogens with zero attached hydrogens (tertiary/aromatic N) is 3. The summed E-state index contributed by atoms with van der Waals surface area (Å²) in [5.74, 6) is 1.18. The summed E-state index contributed by atoms with van der Waals surface area (Å²) in [5.41, 5.74) is 2.07. The van der Waals surface area contributed by atoms with Crippen LogP contribution in [0.1, 0.15) is 38.9 Å². The van der Waals surface area contributed by atoms with Gasteiger partial charge in [0.1, 0.15) is 11.3 Å². The van der Waals surface area contributed by atoms with Crippen LogP contribution in [-0.2, 0) is 13.0 Å². The standard InChI is InChI=1S/C13H19N3/c1-3-5-10-16-12(7-4-2)15-11-8-6-9-14-13(11)16/h6,8-9H,3-5,7,10H2,1-2H3. The van der Waals surface area contributed by atoms with Gasteiger partial charge in [-0.3, -0.25) is 0 Å². The molecule has 16 heavy (non-hydrogen) atoms. The maximum absolute atomic E-state index is 4.66.